The van der Waals surface area contributed by atoms with E-state index in [1.54, 1.807) is 20.2 Å². The van der Waals surface area contributed by atoms with E-state index in [0.717, 1.165) is 17.9 Å². The summed E-state index contributed by atoms with van der Waals surface area (Å²) in [6.07, 6.45) is 3.05. The number of hydrogen-bond donors (Lipinski definition) is 1. The van der Waals surface area contributed by atoms with Gasteiger partial charge in [-0.2, -0.15) is 0 Å². The van der Waals surface area contributed by atoms with Crippen LogP contribution >= 0.6 is 0 Å². The first-order valence-electron chi connectivity index (χ1n) is 5.67. The Hall–Kier alpha value is -1.39. The molecule has 0 aliphatic heterocycles. The number of ether oxygens (including phenoxy) is 1. The summed E-state index contributed by atoms with van der Waals surface area (Å²) in [6, 6.07) is 3.71. The van der Waals surface area contributed by atoms with Crippen molar-refractivity contribution in [3.8, 4) is 0 Å². The molecule has 0 saturated heterocycles. The minimum Gasteiger partial charge on any atom is -0.389 e. The van der Waals surface area contributed by atoms with Gasteiger partial charge < -0.3 is 14.7 Å². The van der Waals surface area contributed by atoms with Crippen LogP contribution in [0.15, 0.2) is 31.0 Å². The van der Waals surface area contributed by atoms with E-state index in [0.29, 0.717) is 13.2 Å². The number of pyridine rings is 1. The third-order valence-corrected chi connectivity index (χ3v) is 2.49. The topological polar surface area (TPSA) is 45.6 Å². The lowest BCUT2D eigenvalue weighted by atomic mass is 10.1. The van der Waals surface area contributed by atoms with Gasteiger partial charge in [-0.15, -0.1) is 6.58 Å². The van der Waals surface area contributed by atoms with Gasteiger partial charge in [0.25, 0.3) is 0 Å². The Morgan fingerprint density at radius 1 is 1.65 bits per heavy atom. The van der Waals surface area contributed by atoms with Crippen LogP contribution in [-0.4, -0.2) is 36.9 Å². The van der Waals surface area contributed by atoms with Gasteiger partial charge in [-0.25, -0.2) is 4.98 Å². The third-order valence-electron chi connectivity index (χ3n) is 2.49. The highest BCUT2D eigenvalue weighted by Gasteiger charge is 2.08. The van der Waals surface area contributed by atoms with Crippen molar-refractivity contribution in [3.63, 3.8) is 0 Å². The molecule has 0 bridgehead atoms. The zero-order chi connectivity index (χ0) is 12.7. The van der Waals surface area contributed by atoms with E-state index in [1.807, 2.05) is 18.2 Å². The fourth-order valence-corrected chi connectivity index (χ4v) is 1.52. The molecule has 1 heterocycles. The number of anilines is 1. The van der Waals surface area contributed by atoms with Crippen LogP contribution in [0.4, 0.5) is 5.82 Å². The van der Waals surface area contributed by atoms with E-state index in [2.05, 4.69) is 16.5 Å². The molecule has 0 radical (unpaired) electrons. The molecule has 1 atom stereocenters. The van der Waals surface area contributed by atoms with Crippen molar-refractivity contribution in [2.45, 2.75) is 13.0 Å². The molecule has 1 unspecified atom stereocenters. The molecule has 1 aromatic heterocycles. The number of hydrogen-bond acceptors (Lipinski definition) is 4. The maximum Gasteiger partial charge on any atom is 0.129 e. The highest BCUT2D eigenvalue weighted by Crippen LogP contribution is 2.17. The van der Waals surface area contributed by atoms with E-state index >= 15 is 0 Å². The molecule has 0 fully saturated rings. The van der Waals surface area contributed by atoms with Crippen molar-refractivity contribution < 1.29 is 9.84 Å². The Morgan fingerprint density at radius 3 is 3.00 bits per heavy atom. The third kappa shape index (κ3) is 4.17. The van der Waals surface area contributed by atoms with Gasteiger partial charge in [0.15, 0.2) is 0 Å². The summed E-state index contributed by atoms with van der Waals surface area (Å²) in [5, 5.41) is 9.54. The van der Waals surface area contributed by atoms with E-state index in [1.165, 1.54) is 0 Å². The second kappa shape index (κ2) is 7.04. The van der Waals surface area contributed by atoms with Crippen LogP contribution in [0.5, 0.6) is 0 Å². The summed E-state index contributed by atoms with van der Waals surface area (Å²) >= 11 is 0. The van der Waals surface area contributed by atoms with E-state index < -0.39 is 6.10 Å². The first-order chi connectivity index (χ1) is 8.19. The standard InChI is InChI=1S/C13H20N2O2/c1-4-7-15(8-9-17-3)13-10-12(11(2)16)5-6-14-13/h4-6,10-11,16H,1,7-9H2,2-3H3. The van der Waals surface area contributed by atoms with Gasteiger partial charge in [-0.1, -0.05) is 6.08 Å². The van der Waals surface area contributed by atoms with E-state index in [-0.39, 0.29) is 0 Å². The summed E-state index contributed by atoms with van der Waals surface area (Å²) in [5.41, 5.74) is 0.862. The lowest BCUT2D eigenvalue weighted by Gasteiger charge is -2.22. The number of methoxy groups -OCH3 is 1. The molecule has 94 valence electrons. The quantitative estimate of drug-likeness (QED) is 0.733. The highest BCUT2D eigenvalue weighted by atomic mass is 16.5. The van der Waals surface area contributed by atoms with Gasteiger partial charge in [0, 0.05) is 26.4 Å². The lowest BCUT2D eigenvalue weighted by molar-refractivity contribution is 0.199. The van der Waals surface area contributed by atoms with Crippen LogP contribution in [-0.2, 0) is 4.74 Å². The van der Waals surface area contributed by atoms with Crippen LogP contribution in [0.2, 0.25) is 0 Å². The largest absolute Gasteiger partial charge is 0.389 e. The van der Waals surface area contributed by atoms with Crippen molar-refractivity contribution in [1.82, 2.24) is 4.98 Å². The van der Waals surface area contributed by atoms with Crippen LogP contribution in [0.3, 0.4) is 0 Å². The second-order valence-corrected chi connectivity index (χ2v) is 3.85. The monoisotopic (exact) mass is 236 g/mol. The van der Waals surface area contributed by atoms with Crippen LogP contribution < -0.4 is 4.90 Å². The van der Waals surface area contributed by atoms with Gasteiger partial charge in [0.2, 0.25) is 0 Å². The van der Waals surface area contributed by atoms with Crippen molar-refractivity contribution in [2.75, 3.05) is 31.7 Å². The lowest BCUT2D eigenvalue weighted by Crippen LogP contribution is -2.28. The molecule has 4 nitrogen and oxygen atoms in total. The number of nitrogens with zero attached hydrogens (tertiary/aromatic N) is 2. The Bertz CT molecular complexity index is 353. The van der Waals surface area contributed by atoms with Gasteiger partial charge in [-0.3, -0.25) is 0 Å². The summed E-state index contributed by atoms with van der Waals surface area (Å²) < 4.78 is 5.06. The molecule has 1 rings (SSSR count). The van der Waals surface area contributed by atoms with Gasteiger partial charge >= 0.3 is 0 Å². The fourth-order valence-electron chi connectivity index (χ4n) is 1.52. The molecular weight excluding hydrogens is 216 g/mol. The molecule has 0 aromatic carbocycles. The Labute approximate surface area is 103 Å². The molecule has 0 amide bonds. The van der Waals surface area contributed by atoms with Crippen LogP contribution in [0.25, 0.3) is 0 Å². The average Bonchev–Trinajstić information content (AvgIpc) is 2.34. The Balaban J connectivity index is 2.84. The number of aliphatic hydroxyl groups excluding tert-OH is 1. The normalized spacial score (nSPS) is 12.2. The minimum absolute atomic E-state index is 0.482. The zero-order valence-electron chi connectivity index (χ0n) is 10.5. The summed E-state index contributed by atoms with van der Waals surface area (Å²) in [5.74, 6) is 0.834. The number of aromatic nitrogens is 1. The molecule has 4 heteroatoms. The number of rotatable bonds is 7. The van der Waals surface area contributed by atoms with Crippen LogP contribution in [0, 0.1) is 0 Å². The highest BCUT2D eigenvalue weighted by molar-refractivity contribution is 5.42. The molecule has 0 aliphatic rings. The van der Waals surface area contributed by atoms with E-state index in [4.69, 9.17) is 4.74 Å². The Kier molecular flexibility index (Phi) is 5.66. The second-order valence-electron chi connectivity index (χ2n) is 3.85. The van der Waals surface area contributed by atoms with Gasteiger partial charge in [0.05, 0.1) is 12.7 Å². The first-order valence-corrected chi connectivity index (χ1v) is 5.67. The Morgan fingerprint density at radius 2 is 2.41 bits per heavy atom. The molecular formula is C13H20N2O2. The van der Waals surface area contributed by atoms with E-state index in [9.17, 15) is 5.11 Å². The number of aliphatic hydroxyl groups is 1. The van der Waals surface area contributed by atoms with Crippen molar-refractivity contribution in [3.05, 3.63) is 36.5 Å². The molecule has 0 aliphatic carbocycles. The average molecular weight is 236 g/mol. The summed E-state index contributed by atoms with van der Waals surface area (Å²) in [4.78, 5) is 6.36. The maximum atomic E-state index is 9.54. The van der Waals surface area contributed by atoms with Crippen molar-refractivity contribution >= 4 is 5.82 Å². The van der Waals surface area contributed by atoms with Crippen LogP contribution in [0.1, 0.15) is 18.6 Å². The minimum atomic E-state index is -0.482. The van der Waals surface area contributed by atoms with Crippen molar-refractivity contribution in [2.24, 2.45) is 0 Å². The smallest absolute Gasteiger partial charge is 0.129 e. The summed E-state index contributed by atoms with van der Waals surface area (Å²) in [7, 11) is 1.67. The SMILES string of the molecule is C=CCN(CCOC)c1cc(C(C)O)ccn1. The molecule has 1 aromatic rings. The van der Waals surface area contributed by atoms with Gasteiger partial charge in [0.1, 0.15) is 5.82 Å². The zero-order valence-corrected chi connectivity index (χ0v) is 10.5. The first kappa shape index (κ1) is 13.7. The predicted molar refractivity (Wildman–Crippen MR) is 69.2 cm³/mol. The fraction of sp³-hybridized carbons (Fsp3) is 0.462. The molecule has 1 N–H and O–H groups in total. The molecule has 0 spiro atoms. The summed E-state index contributed by atoms with van der Waals surface area (Å²) in [6.45, 7) is 7.56. The molecule has 17 heavy (non-hydrogen) atoms. The molecule has 0 saturated carbocycles. The maximum absolute atomic E-state index is 9.54. The van der Waals surface area contributed by atoms with Crippen molar-refractivity contribution in [1.29, 1.82) is 0 Å². The predicted octanol–water partition coefficient (Wildman–Crippen LogP) is 1.77. The van der Waals surface area contributed by atoms with Gasteiger partial charge in [-0.05, 0) is 24.6 Å².